The summed E-state index contributed by atoms with van der Waals surface area (Å²) in [5.41, 5.74) is 0. The minimum absolute atomic E-state index is 0.288. The Hall–Kier alpha value is -0.940. The largest absolute Gasteiger partial charge is 0.384 e. The van der Waals surface area contributed by atoms with Crippen molar-refractivity contribution in [2.45, 2.75) is 19.1 Å². The van der Waals surface area contributed by atoms with Crippen molar-refractivity contribution in [1.82, 2.24) is 0 Å². The molecule has 2 atom stereocenters. The van der Waals surface area contributed by atoms with Crippen LogP contribution in [-0.4, -0.2) is 35.4 Å². The maximum absolute atomic E-state index is 9.96. The number of hydrogen-bond acceptors (Lipinski definition) is 4. The number of nitro groups is 1. The Morgan fingerprint density at radius 3 is 2.83 bits per heavy atom. The number of ether oxygens (including phenoxy) is 1. The SMILES string of the molecule is C=CCOC(C)C(O)C[N+](=O)[O-]. The molecule has 5 nitrogen and oxygen atoms in total. The van der Waals surface area contributed by atoms with Crippen molar-refractivity contribution in [2.75, 3.05) is 13.2 Å². The van der Waals surface area contributed by atoms with E-state index in [2.05, 4.69) is 6.58 Å². The molecule has 2 unspecified atom stereocenters. The van der Waals surface area contributed by atoms with Crippen LogP contribution in [0.2, 0.25) is 0 Å². The minimum Gasteiger partial charge on any atom is -0.384 e. The summed E-state index contributed by atoms with van der Waals surface area (Å²) in [5.74, 6) is 0. The van der Waals surface area contributed by atoms with Crippen LogP contribution in [0.5, 0.6) is 0 Å². The summed E-state index contributed by atoms with van der Waals surface area (Å²) in [6.07, 6.45) is -0.0663. The Labute approximate surface area is 70.8 Å². The summed E-state index contributed by atoms with van der Waals surface area (Å²) in [6, 6.07) is 0. The van der Waals surface area contributed by atoms with Gasteiger partial charge in [0.25, 0.3) is 0 Å². The molecule has 0 aromatic heterocycles. The lowest BCUT2D eigenvalue weighted by molar-refractivity contribution is -0.492. The van der Waals surface area contributed by atoms with Gasteiger partial charge in [0.1, 0.15) is 6.10 Å². The van der Waals surface area contributed by atoms with E-state index >= 15 is 0 Å². The highest BCUT2D eigenvalue weighted by Crippen LogP contribution is 1.98. The van der Waals surface area contributed by atoms with Crippen molar-refractivity contribution in [3.8, 4) is 0 Å². The molecule has 0 heterocycles. The molecule has 0 aliphatic carbocycles. The maximum atomic E-state index is 9.96. The van der Waals surface area contributed by atoms with Crippen LogP contribution in [0.1, 0.15) is 6.92 Å². The molecule has 0 rings (SSSR count). The van der Waals surface area contributed by atoms with Crippen LogP contribution in [0, 0.1) is 10.1 Å². The van der Waals surface area contributed by atoms with Gasteiger partial charge < -0.3 is 9.84 Å². The zero-order valence-electron chi connectivity index (χ0n) is 6.97. The number of aliphatic hydroxyl groups is 1. The van der Waals surface area contributed by atoms with Crippen molar-refractivity contribution in [3.63, 3.8) is 0 Å². The molecule has 0 aliphatic rings. The van der Waals surface area contributed by atoms with Crippen molar-refractivity contribution in [1.29, 1.82) is 0 Å². The second kappa shape index (κ2) is 5.68. The highest BCUT2D eigenvalue weighted by Gasteiger charge is 2.19. The van der Waals surface area contributed by atoms with Crippen molar-refractivity contribution >= 4 is 0 Å². The second-order valence-corrected chi connectivity index (χ2v) is 2.41. The van der Waals surface area contributed by atoms with Crippen LogP contribution in [0.4, 0.5) is 0 Å². The Morgan fingerprint density at radius 2 is 2.42 bits per heavy atom. The maximum Gasteiger partial charge on any atom is 0.231 e. The van der Waals surface area contributed by atoms with Gasteiger partial charge in [-0.2, -0.15) is 0 Å². The number of nitrogens with zero attached hydrogens (tertiary/aromatic N) is 1. The summed E-state index contributed by atoms with van der Waals surface area (Å²) >= 11 is 0. The second-order valence-electron chi connectivity index (χ2n) is 2.41. The lowest BCUT2D eigenvalue weighted by atomic mass is 10.2. The Bertz CT molecular complexity index is 159. The van der Waals surface area contributed by atoms with E-state index in [1.807, 2.05) is 0 Å². The molecule has 0 saturated carbocycles. The van der Waals surface area contributed by atoms with Crippen molar-refractivity contribution in [3.05, 3.63) is 22.8 Å². The highest BCUT2D eigenvalue weighted by molar-refractivity contribution is 4.68. The first-order chi connectivity index (χ1) is 5.57. The third kappa shape index (κ3) is 4.81. The van der Waals surface area contributed by atoms with Gasteiger partial charge in [0.2, 0.25) is 6.54 Å². The molecule has 0 amide bonds. The van der Waals surface area contributed by atoms with Crippen molar-refractivity contribution < 1.29 is 14.8 Å². The van der Waals surface area contributed by atoms with Crippen LogP contribution in [0.15, 0.2) is 12.7 Å². The molecule has 0 aromatic carbocycles. The van der Waals surface area contributed by atoms with E-state index in [-0.39, 0.29) is 6.61 Å². The van der Waals surface area contributed by atoms with Crippen LogP contribution in [0.3, 0.4) is 0 Å². The zero-order chi connectivity index (χ0) is 9.56. The van der Waals surface area contributed by atoms with Crippen molar-refractivity contribution in [2.24, 2.45) is 0 Å². The summed E-state index contributed by atoms with van der Waals surface area (Å²) in [5, 5.41) is 19.1. The Balaban J connectivity index is 3.67. The fraction of sp³-hybridized carbons (Fsp3) is 0.714. The molecule has 0 fully saturated rings. The molecule has 12 heavy (non-hydrogen) atoms. The Kier molecular flexibility index (Phi) is 5.23. The third-order valence-electron chi connectivity index (χ3n) is 1.35. The molecule has 0 bridgehead atoms. The molecular formula is C7H13NO4. The predicted molar refractivity (Wildman–Crippen MR) is 43.5 cm³/mol. The van der Waals surface area contributed by atoms with Gasteiger partial charge in [0.05, 0.1) is 12.7 Å². The first-order valence-corrected chi connectivity index (χ1v) is 3.60. The number of rotatable bonds is 6. The lowest BCUT2D eigenvalue weighted by Gasteiger charge is -2.14. The molecule has 70 valence electrons. The third-order valence-corrected chi connectivity index (χ3v) is 1.35. The topological polar surface area (TPSA) is 72.6 Å². The smallest absolute Gasteiger partial charge is 0.231 e. The number of hydrogen-bond donors (Lipinski definition) is 1. The van der Waals surface area contributed by atoms with Gasteiger partial charge in [0.15, 0.2) is 0 Å². The highest BCUT2D eigenvalue weighted by atomic mass is 16.6. The van der Waals surface area contributed by atoms with E-state index in [0.717, 1.165) is 0 Å². The van der Waals surface area contributed by atoms with Crippen LogP contribution in [-0.2, 0) is 4.74 Å². The average molecular weight is 175 g/mol. The van der Waals surface area contributed by atoms with Gasteiger partial charge in [-0.15, -0.1) is 6.58 Å². The van der Waals surface area contributed by atoms with E-state index in [1.54, 1.807) is 6.92 Å². The van der Waals surface area contributed by atoms with Crippen LogP contribution >= 0.6 is 0 Å². The summed E-state index contributed by atoms with van der Waals surface area (Å²) in [6.45, 7) is 4.79. The summed E-state index contributed by atoms with van der Waals surface area (Å²) in [4.78, 5) is 9.39. The van der Waals surface area contributed by atoms with E-state index in [9.17, 15) is 10.1 Å². The fourth-order valence-electron chi connectivity index (χ4n) is 0.632. The average Bonchev–Trinajstić information content (AvgIpc) is 1.98. The zero-order valence-corrected chi connectivity index (χ0v) is 6.97. The van der Waals surface area contributed by atoms with Gasteiger partial charge in [-0.3, -0.25) is 10.1 Å². The van der Waals surface area contributed by atoms with E-state index < -0.39 is 23.7 Å². The van der Waals surface area contributed by atoms with E-state index in [0.29, 0.717) is 0 Å². The molecule has 0 aromatic rings. The van der Waals surface area contributed by atoms with E-state index in [4.69, 9.17) is 9.84 Å². The van der Waals surface area contributed by atoms with Gasteiger partial charge in [-0.1, -0.05) is 6.08 Å². The standard InChI is InChI=1S/C7H13NO4/c1-3-4-12-6(2)7(9)5-8(10)11/h3,6-7,9H,1,4-5H2,2H3. The van der Waals surface area contributed by atoms with Gasteiger partial charge in [0, 0.05) is 4.92 Å². The van der Waals surface area contributed by atoms with Gasteiger partial charge >= 0.3 is 0 Å². The molecule has 0 saturated heterocycles. The quantitative estimate of drug-likeness (QED) is 0.356. The van der Waals surface area contributed by atoms with Gasteiger partial charge in [-0.25, -0.2) is 0 Å². The normalized spacial score (nSPS) is 15.2. The van der Waals surface area contributed by atoms with Gasteiger partial charge in [-0.05, 0) is 6.92 Å². The van der Waals surface area contributed by atoms with E-state index in [1.165, 1.54) is 6.08 Å². The monoisotopic (exact) mass is 175 g/mol. The number of aliphatic hydroxyl groups excluding tert-OH is 1. The fourth-order valence-corrected chi connectivity index (χ4v) is 0.632. The predicted octanol–water partition coefficient (Wildman–Crippen LogP) is 0.215. The minimum atomic E-state index is -1.06. The summed E-state index contributed by atoms with van der Waals surface area (Å²) in [7, 11) is 0. The molecule has 5 heteroatoms. The Morgan fingerprint density at radius 1 is 1.83 bits per heavy atom. The molecular weight excluding hydrogens is 162 g/mol. The first-order valence-electron chi connectivity index (χ1n) is 3.60. The first kappa shape index (κ1) is 11.1. The molecule has 1 N–H and O–H groups in total. The summed E-state index contributed by atoms with van der Waals surface area (Å²) < 4.78 is 4.98. The lowest BCUT2D eigenvalue weighted by Crippen LogP contribution is -2.32. The van der Waals surface area contributed by atoms with Crippen LogP contribution < -0.4 is 0 Å². The molecule has 0 spiro atoms. The molecule has 0 radical (unpaired) electrons. The molecule has 0 aliphatic heterocycles. The van der Waals surface area contributed by atoms with Crippen LogP contribution in [0.25, 0.3) is 0 Å².